The summed E-state index contributed by atoms with van der Waals surface area (Å²) in [4.78, 5) is 9.42. The van der Waals surface area contributed by atoms with Crippen LogP contribution >= 0.6 is 27.3 Å². The van der Waals surface area contributed by atoms with Crippen molar-refractivity contribution in [1.29, 1.82) is 0 Å². The molecule has 3 heterocycles. The van der Waals surface area contributed by atoms with Crippen LogP contribution in [-0.4, -0.2) is 37.1 Å². The molecule has 0 unspecified atom stereocenters. The first kappa shape index (κ1) is 19.3. The Morgan fingerprint density at radius 3 is 2.93 bits per heavy atom. The van der Waals surface area contributed by atoms with Crippen molar-refractivity contribution < 1.29 is 4.57 Å². The average Bonchev–Trinajstić information content (AvgIpc) is 3.06. The van der Waals surface area contributed by atoms with Crippen LogP contribution in [0.25, 0.3) is 22.0 Å². The Labute approximate surface area is 178 Å². The minimum Gasteiger partial charge on any atom is -0.347 e. The zero-order valence-corrected chi connectivity index (χ0v) is 18.8. The second kappa shape index (κ2) is 8.15. The van der Waals surface area contributed by atoms with Gasteiger partial charge in [-0.2, -0.15) is 0 Å². The number of aromatic nitrogens is 2. The number of benzene rings is 1. The maximum absolute atomic E-state index is 4.84. The lowest BCUT2D eigenvalue weighted by Gasteiger charge is -2.28. The highest BCUT2D eigenvalue weighted by Crippen LogP contribution is 2.35. The number of thiazole rings is 1. The number of hydrogen-bond donors (Lipinski definition) is 0. The Morgan fingerprint density at radius 2 is 2.11 bits per heavy atom. The Bertz CT molecular complexity index is 1070. The van der Waals surface area contributed by atoms with Gasteiger partial charge in [0.2, 0.25) is 5.01 Å². The molecule has 144 valence electrons. The molecule has 0 N–H and O–H groups in total. The maximum atomic E-state index is 4.84. The molecule has 1 aliphatic rings. The fraction of sp³-hybridized carbons (Fsp3) is 0.273. The van der Waals surface area contributed by atoms with E-state index in [0.717, 1.165) is 34.6 Å². The van der Waals surface area contributed by atoms with Crippen LogP contribution < -0.4 is 9.47 Å². The van der Waals surface area contributed by atoms with Crippen LogP contribution in [0.1, 0.15) is 17.0 Å². The number of nitrogens with zero attached hydrogens (tertiary/aromatic N) is 4. The molecule has 28 heavy (non-hydrogen) atoms. The normalized spacial score (nSPS) is 15.0. The third-order valence-corrected chi connectivity index (χ3v) is 6.19. The van der Waals surface area contributed by atoms with E-state index in [1.54, 1.807) is 11.3 Å². The van der Waals surface area contributed by atoms with Crippen LogP contribution in [0, 0.1) is 0 Å². The zero-order chi connectivity index (χ0) is 19.7. The van der Waals surface area contributed by atoms with Gasteiger partial charge < -0.3 is 9.80 Å². The summed E-state index contributed by atoms with van der Waals surface area (Å²) in [6.45, 7) is 2.11. The second-order valence-corrected chi connectivity index (χ2v) is 9.27. The van der Waals surface area contributed by atoms with Crippen LogP contribution in [0.3, 0.4) is 0 Å². The molecule has 0 spiro atoms. The number of pyridine rings is 1. The number of para-hydroxylation sites is 1. The lowest BCUT2D eigenvalue weighted by atomic mass is 9.99. The van der Waals surface area contributed by atoms with Gasteiger partial charge in [-0.3, -0.25) is 0 Å². The van der Waals surface area contributed by atoms with Gasteiger partial charge in [0.05, 0.1) is 11.5 Å². The fourth-order valence-corrected chi connectivity index (χ4v) is 5.18. The zero-order valence-electron chi connectivity index (χ0n) is 16.4. The standard InChI is InChI=1S/C22H24BrN4S/c1-25(2)10-6-11-27-12-9-16(18-7-4-5-8-19(18)27)13-21-24-22-20(28-21)14-17(23)15-26(22)3/h4-5,7-9,12-15H,6,10-11H2,1-3H3/q+1. The van der Waals surface area contributed by atoms with Crippen molar-refractivity contribution in [1.82, 2.24) is 9.88 Å². The van der Waals surface area contributed by atoms with Crippen molar-refractivity contribution in [3.05, 3.63) is 63.8 Å². The van der Waals surface area contributed by atoms with Crippen LogP contribution in [0.5, 0.6) is 0 Å². The van der Waals surface area contributed by atoms with Gasteiger partial charge in [0, 0.05) is 30.1 Å². The summed E-state index contributed by atoms with van der Waals surface area (Å²) in [6.07, 6.45) is 9.78. The van der Waals surface area contributed by atoms with Gasteiger partial charge in [0.25, 0.3) is 0 Å². The second-order valence-electron chi connectivity index (χ2n) is 7.29. The van der Waals surface area contributed by atoms with Crippen molar-refractivity contribution in [3.63, 3.8) is 0 Å². The lowest BCUT2D eigenvalue weighted by Crippen LogP contribution is -2.28. The van der Waals surface area contributed by atoms with Crippen LogP contribution in [0.2, 0.25) is 0 Å². The Balaban J connectivity index is 1.66. The molecule has 6 heteroatoms. The number of rotatable bonds is 5. The highest BCUT2D eigenvalue weighted by Gasteiger charge is 2.19. The molecule has 0 saturated carbocycles. The molecule has 0 amide bonds. The minimum absolute atomic E-state index is 1.01. The number of aryl methyl sites for hydroxylation is 1. The van der Waals surface area contributed by atoms with Crippen molar-refractivity contribution in [2.24, 2.45) is 7.05 Å². The van der Waals surface area contributed by atoms with E-state index in [9.17, 15) is 0 Å². The summed E-state index contributed by atoms with van der Waals surface area (Å²) in [5.74, 6) is 0. The fourth-order valence-electron chi connectivity index (χ4n) is 3.48. The molecule has 0 saturated heterocycles. The third kappa shape index (κ3) is 4.04. The van der Waals surface area contributed by atoms with Gasteiger partial charge >= 0.3 is 5.65 Å². The van der Waals surface area contributed by atoms with Crippen molar-refractivity contribution >= 4 is 55.0 Å². The number of halogens is 1. The van der Waals surface area contributed by atoms with Gasteiger partial charge in [-0.1, -0.05) is 29.5 Å². The number of hydrogen-bond acceptors (Lipinski definition) is 4. The van der Waals surface area contributed by atoms with Gasteiger partial charge in [-0.15, -0.1) is 0 Å². The molecule has 4 nitrogen and oxygen atoms in total. The monoisotopic (exact) mass is 455 g/mol. The number of allylic oxidation sites excluding steroid dienone is 2. The summed E-state index contributed by atoms with van der Waals surface area (Å²) in [5, 5.41) is 1.03. The van der Waals surface area contributed by atoms with E-state index in [1.165, 1.54) is 21.5 Å². The van der Waals surface area contributed by atoms with E-state index in [4.69, 9.17) is 4.98 Å². The third-order valence-electron chi connectivity index (χ3n) is 4.81. The number of anilines is 1. The first-order chi connectivity index (χ1) is 13.5. The predicted molar refractivity (Wildman–Crippen MR) is 122 cm³/mol. The van der Waals surface area contributed by atoms with E-state index in [2.05, 4.69) is 93.1 Å². The molecular weight excluding hydrogens is 432 g/mol. The Hall–Kier alpha value is -2.02. The van der Waals surface area contributed by atoms with E-state index in [1.807, 2.05) is 13.2 Å². The topological polar surface area (TPSA) is 23.2 Å². The molecule has 3 aromatic rings. The molecule has 0 bridgehead atoms. The quantitative estimate of drug-likeness (QED) is 0.520. The summed E-state index contributed by atoms with van der Waals surface area (Å²) < 4.78 is 4.32. The smallest absolute Gasteiger partial charge is 0.342 e. The maximum Gasteiger partial charge on any atom is 0.342 e. The molecule has 0 radical (unpaired) electrons. The van der Waals surface area contributed by atoms with Crippen LogP contribution in [0.15, 0.2) is 53.3 Å². The van der Waals surface area contributed by atoms with Gasteiger partial charge in [-0.25, -0.2) is 4.57 Å². The van der Waals surface area contributed by atoms with Crippen LogP contribution in [-0.2, 0) is 7.05 Å². The molecule has 1 aromatic carbocycles. The predicted octanol–water partition coefficient (Wildman–Crippen LogP) is 4.71. The lowest BCUT2D eigenvalue weighted by molar-refractivity contribution is -0.647. The molecule has 2 aromatic heterocycles. The highest BCUT2D eigenvalue weighted by atomic mass is 79.9. The van der Waals surface area contributed by atoms with Gasteiger partial charge in [-0.05, 0) is 71.8 Å². The van der Waals surface area contributed by atoms with E-state index in [0.29, 0.717) is 0 Å². The van der Waals surface area contributed by atoms with Gasteiger partial charge in [0.1, 0.15) is 10.9 Å². The Kier molecular flexibility index (Phi) is 5.62. The molecule has 0 aliphatic carbocycles. The number of fused-ring (bicyclic) bond motifs is 2. The van der Waals surface area contributed by atoms with Crippen molar-refractivity contribution in [2.45, 2.75) is 6.42 Å². The molecule has 4 rings (SSSR count). The van der Waals surface area contributed by atoms with Crippen molar-refractivity contribution in [3.8, 4) is 0 Å². The Morgan fingerprint density at radius 1 is 1.29 bits per heavy atom. The summed E-state index contributed by atoms with van der Waals surface area (Å²) in [5.41, 5.74) is 4.75. The first-order valence-corrected chi connectivity index (χ1v) is 11.0. The minimum atomic E-state index is 1.01. The average molecular weight is 456 g/mol. The van der Waals surface area contributed by atoms with E-state index >= 15 is 0 Å². The van der Waals surface area contributed by atoms with E-state index in [-0.39, 0.29) is 0 Å². The molecule has 1 aliphatic heterocycles. The SMILES string of the molecule is CN(C)CCCN1C=C/C(=C\c2nc3c(cc(Br)c[n+]3C)s2)c2ccccc21. The van der Waals surface area contributed by atoms with E-state index < -0.39 is 0 Å². The highest BCUT2D eigenvalue weighted by molar-refractivity contribution is 9.10. The molecular formula is C22H24BrN4S+. The summed E-state index contributed by atoms with van der Waals surface area (Å²) >= 11 is 5.29. The van der Waals surface area contributed by atoms with Crippen LogP contribution in [0.4, 0.5) is 5.69 Å². The molecule has 0 atom stereocenters. The summed E-state index contributed by atoms with van der Waals surface area (Å²) in [6, 6.07) is 10.8. The van der Waals surface area contributed by atoms with Gasteiger partial charge in [0.15, 0.2) is 0 Å². The largest absolute Gasteiger partial charge is 0.347 e. The summed E-state index contributed by atoms with van der Waals surface area (Å²) in [7, 11) is 6.28. The first-order valence-electron chi connectivity index (χ1n) is 9.37. The van der Waals surface area contributed by atoms with Crippen molar-refractivity contribution in [2.75, 3.05) is 32.1 Å². The molecule has 0 fully saturated rings.